The second kappa shape index (κ2) is 8.80. The summed E-state index contributed by atoms with van der Waals surface area (Å²) in [5.74, 6) is -1.43. The molecule has 140 valence electrons. The summed E-state index contributed by atoms with van der Waals surface area (Å²) in [4.78, 5) is 16.7. The monoisotopic (exact) mass is 382 g/mol. The molecule has 3 rings (SSSR count). The molecule has 0 spiro atoms. The highest BCUT2D eigenvalue weighted by Gasteiger charge is 2.42. The Labute approximate surface area is 174 Å². The maximum atomic E-state index is 13.5. The zero-order chi connectivity index (χ0) is 27.0. The minimum Gasteiger partial charge on any atom is -0.358 e. The van der Waals surface area contributed by atoms with E-state index in [1.54, 1.807) is 40.6 Å². The Morgan fingerprint density at radius 2 is 2.12 bits per heavy atom. The number of piperidine rings is 1. The number of rotatable bonds is 7. The molecule has 0 unspecified atom stereocenters. The van der Waals surface area contributed by atoms with Gasteiger partial charge in [0.15, 0.2) is 0 Å². The third-order valence-electron chi connectivity index (χ3n) is 4.56. The largest absolute Gasteiger partial charge is 0.358 e. The first kappa shape index (κ1) is 10.0. The molecule has 26 heavy (non-hydrogen) atoms. The van der Waals surface area contributed by atoms with Crippen molar-refractivity contribution in [2.45, 2.75) is 38.2 Å². The molecular weight excluding hydrogens is 344 g/mol. The van der Waals surface area contributed by atoms with Gasteiger partial charge in [-0.2, -0.15) is 0 Å². The Morgan fingerprint density at radius 3 is 2.77 bits per heavy atom. The van der Waals surface area contributed by atoms with E-state index in [0.29, 0.717) is 4.88 Å². The lowest BCUT2D eigenvalue weighted by molar-refractivity contribution is -0.128. The molecule has 4 nitrogen and oxygen atoms in total. The van der Waals surface area contributed by atoms with Crippen LogP contribution in [0.1, 0.15) is 44.7 Å². The van der Waals surface area contributed by atoms with E-state index >= 15 is 0 Å². The highest BCUT2D eigenvalue weighted by molar-refractivity contribution is 7.09. The lowest BCUT2D eigenvalue weighted by Crippen LogP contribution is -2.59. The predicted octanol–water partition coefficient (Wildman–Crippen LogP) is 4.17. The minimum absolute atomic E-state index is 0.0206. The third kappa shape index (κ3) is 4.17. The average molecular weight is 383 g/mol. The predicted molar refractivity (Wildman–Crippen MR) is 108 cm³/mol. The van der Waals surface area contributed by atoms with Crippen LogP contribution in [0.3, 0.4) is 0 Å². The Morgan fingerprint density at radius 1 is 1.31 bits per heavy atom. The summed E-state index contributed by atoms with van der Waals surface area (Å²) in [7, 11) is -2.98. The van der Waals surface area contributed by atoms with Gasteiger partial charge in [-0.05, 0) is 30.0 Å². The van der Waals surface area contributed by atoms with Crippen molar-refractivity contribution in [1.82, 2.24) is 4.90 Å². The summed E-state index contributed by atoms with van der Waals surface area (Å²) in [6.45, 7) is -3.02. The minimum atomic E-state index is -3.32. The maximum absolute atomic E-state index is 13.5. The number of anilines is 1. The fourth-order valence-electron chi connectivity index (χ4n) is 3.17. The van der Waals surface area contributed by atoms with E-state index in [4.69, 9.17) is 18.4 Å². The second-order valence-corrected chi connectivity index (χ2v) is 7.03. The Hall–Kier alpha value is -1.69. The number of ether oxygens (including phenoxy) is 1. The molecule has 1 fully saturated rings. The SMILES string of the molecule is [2H]C([2H])([2H])OC1(N(C(=O)C([2H])([2H])C([2H])([2H])[2H])c2ccccc2)CCN(CC([2H])([2H])c2cccs2)CC1. The van der Waals surface area contributed by atoms with Crippen LogP contribution in [0.25, 0.3) is 0 Å². The lowest BCUT2D eigenvalue weighted by Gasteiger charge is -2.47. The zero-order valence-electron chi connectivity index (χ0n) is 24.3. The van der Waals surface area contributed by atoms with Crippen LogP contribution in [0, 0.1) is 0 Å². The van der Waals surface area contributed by atoms with E-state index in [1.807, 2.05) is 0 Å². The first-order valence-electron chi connectivity index (χ1n) is 13.3. The van der Waals surface area contributed by atoms with Gasteiger partial charge in [0.1, 0.15) is 5.72 Å². The van der Waals surface area contributed by atoms with Crippen molar-refractivity contribution in [3.8, 4) is 0 Å². The van der Waals surface area contributed by atoms with Crippen molar-refractivity contribution in [3.05, 3.63) is 52.7 Å². The van der Waals surface area contributed by atoms with Crippen molar-refractivity contribution < 1.29 is 23.2 Å². The highest BCUT2D eigenvalue weighted by Crippen LogP contribution is 2.34. The van der Waals surface area contributed by atoms with Crippen LogP contribution in [0.5, 0.6) is 0 Å². The molecule has 1 amide bonds. The number of amides is 1. The number of para-hydroxylation sites is 1. The van der Waals surface area contributed by atoms with Gasteiger partial charge in [0.05, 0.1) is 4.11 Å². The van der Waals surface area contributed by atoms with E-state index in [2.05, 4.69) is 0 Å². The normalized spacial score (nSPS) is 24.9. The summed E-state index contributed by atoms with van der Waals surface area (Å²) in [5.41, 5.74) is -1.78. The van der Waals surface area contributed by atoms with Crippen molar-refractivity contribution in [3.63, 3.8) is 0 Å². The summed E-state index contributed by atoms with van der Waals surface area (Å²) < 4.78 is 84.6. The second-order valence-electron chi connectivity index (χ2n) is 6.08. The van der Waals surface area contributed by atoms with Crippen LogP contribution in [0.2, 0.25) is 0 Å². The van der Waals surface area contributed by atoms with Crippen molar-refractivity contribution in [1.29, 1.82) is 0 Å². The summed E-state index contributed by atoms with van der Waals surface area (Å²) in [6.07, 6.45) is -5.19. The number of likely N-dealkylation sites (tertiary alicyclic amines) is 1. The molecule has 0 N–H and O–H groups in total. The van der Waals surface area contributed by atoms with Gasteiger partial charge in [-0.1, -0.05) is 31.1 Å². The van der Waals surface area contributed by atoms with Crippen LogP contribution >= 0.6 is 11.3 Å². The maximum Gasteiger partial charge on any atom is 0.229 e. The smallest absolute Gasteiger partial charge is 0.229 e. The van der Waals surface area contributed by atoms with Gasteiger partial charge in [0.25, 0.3) is 0 Å². The van der Waals surface area contributed by atoms with Crippen LogP contribution < -0.4 is 4.90 Å². The molecule has 0 atom stereocenters. The molecule has 1 saturated heterocycles. The number of carbonyl (C=O) groups is 1. The van der Waals surface area contributed by atoms with Gasteiger partial charge in [0, 0.05) is 66.0 Å². The van der Waals surface area contributed by atoms with Crippen LogP contribution in [0.4, 0.5) is 5.69 Å². The molecule has 2 aromatic rings. The topological polar surface area (TPSA) is 32.8 Å². The van der Waals surface area contributed by atoms with Gasteiger partial charge in [0.2, 0.25) is 5.91 Å². The molecule has 0 bridgehead atoms. The van der Waals surface area contributed by atoms with E-state index in [-0.39, 0.29) is 38.2 Å². The van der Waals surface area contributed by atoms with Crippen LogP contribution in [0.15, 0.2) is 47.8 Å². The number of nitrogens with zero attached hydrogens (tertiary/aromatic N) is 2. The molecule has 2 heterocycles. The number of benzene rings is 1. The number of hydrogen-bond acceptors (Lipinski definition) is 4. The molecule has 1 aliphatic heterocycles. The van der Waals surface area contributed by atoms with Crippen LogP contribution in [-0.4, -0.2) is 43.2 Å². The van der Waals surface area contributed by atoms with Crippen molar-refractivity contribution in [2.75, 3.05) is 31.6 Å². The summed E-state index contributed by atoms with van der Waals surface area (Å²) in [6, 6.07) is 11.1. The molecule has 1 aromatic carbocycles. The molecule has 0 saturated carbocycles. The van der Waals surface area contributed by atoms with Gasteiger partial charge in [-0.15, -0.1) is 11.3 Å². The van der Waals surface area contributed by atoms with Gasteiger partial charge in [-0.3, -0.25) is 9.69 Å². The molecular formula is C21H28N2O2S. The Kier molecular flexibility index (Phi) is 3.39. The summed E-state index contributed by atoms with van der Waals surface area (Å²) >= 11 is 1.29. The molecule has 5 heteroatoms. The van der Waals surface area contributed by atoms with E-state index < -0.39 is 38.3 Å². The van der Waals surface area contributed by atoms with E-state index in [9.17, 15) is 4.79 Å². The molecule has 0 aliphatic carbocycles. The van der Waals surface area contributed by atoms with Crippen LogP contribution in [-0.2, 0) is 15.9 Å². The standard InChI is InChI=1S/C21H28N2O2S/c1-3-20(24)23(18-8-5-4-6-9-18)21(25-2)12-15-22(16-13-21)14-11-19-10-7-17-26-19/h4-10,17H,3,11-16H2,1-2H3/i1D3,2D3,3D2,11D2. The number of hydrogen-bond donors (Lipinski definition) is 0. The molecule has 0 radical (unpaired) electrons. The fourth-order valence-corrected chi connectivity index (χ4v) is 3.78. The van der Waals surface area contributed by atoms with E-state index in [0.717, 1.165) is 4.90 Å². The van der Waals surface area contributed by atoms with Crippen molar-refractivity contribution in [2.24, 2.45) is 0 Å². The lowest BCUT2D eigenvalue weighted by atomic mass is 9.96. The van der Waals surface area contributed by atoms with Gasteiger partial charge in [-0.25, -0.2) is 0 Å². The first-order valence-corrected chi connectivity index (χ1v) is 9.23. The number of methoxy groups -OCH3 is 1. The quantitative estimate of drug-likeness (QED) is 0.674. The Bertz CT molecular complexity index is 1020. The fraction of sp³-hybridized carbons (Fsp3) is 0.476. The van der Waals surface area contributed by atoms with E-state index in [1.165, 1.54) is 23.5 Å². The number of carbonyl (C=O) groups excluding carboxylic acids is 1. The number of thiophene rings is 1. The Balaban J connectivity index is 1.99. The average Bonchev–Trinajstić information content (AvgIpc) is 3.30. The van der Waals surface area contributed by atoms with Gasteiger partial charge < -0.3 is 9.64 Å². The molecule has 1 aliphatic rings. The highest BCUT2D eigenvalue weighted by atomic mass is 32.1. The first-order chi connectivity index (χ1) is 16.5. The summed E-state index contributed by atoms with van der Waals surface area (Å²) in [5, 5.41) is 1.78. The van der Waals surface area contributed by atoms with Gasteiger partial charge >= 0.3 is 0 Å². The third-order valence-corrected chi connectivity index (χ3v) is 5.38. The van der Waals surface area contributed by atoms with Crippen molar-refractivity contribution >= 4 is 22.9 Å². The zero-order valence-corrected chi connectivity index (χ0v) is 15.1. The molecule has 1 aromatic heterocycles.